The molecule has 0 radical (unpaired) electrons. The molecule has 1 N–H and O–H groups in total. The van der Waals surface area contributed by atoms with E-state index in [4.69, 9.17) is 4.98 Å². The topological polar surface area (TPSA) is 92.3 Å². The summed E-state index contributed by atoms with van der Waals surface area (Å²) in [7, 11) is -3.65. The molecule has 190 valence electrons. The van der Waals surface area contributed by atoms with E-state index in [1.54, 1.807) is 41.0 Å². The van der Waals surface area contributed by atoms with Crippen LogP contribution in [0.25, 0.3) is 22.2 Å². The predicted molar refractivity (Wildman–Crippen MR) is 141 cm³/mol. The highest BCUT2D eigenvalue weighted by molar-refractivity contribution is 7.89. The van der Waals surface area contributed by atoms with Crippen LogP contribution in [0.15, 0.2) is 53.7 Å². The van der Waals surface area contributed by atoms with Crippen molar-refractivity contribution >= 4 is 26.8 Å². The molecule has 2 atom stereocenters. The maximum Gasteiger partial charge on any atom is 0.252 e. The van der Waals surface area contributed by atoms with Gasteiger partial charge in [-0.25, -0.2) is 13.4 Å². The van der Waals surface area contributed by atoms with Crippen molar-refractivity contribution in [3.8, 4) is 11.3 Å². The van der Waals surface area contributed by atoms with Crippen LogP contribution in [0.2, 0.25) is 0 Å². The minimum absolute atomic E-state index is 0.110. The molecule has 8 heteroatoms. The van der Waals surface area contributed by atoms with E-state index in [1.165, 1.54) is 6.42 Å². The molecular weight excluding hydrogens is 472 g/mol. The number of rotatable bonds is 5. The SMILES string of the molecule is CC1CCN(S(=O)(=O)c2ccc3nc(-c4cccnc4)cc(C(=O)N[C@H]4CCCC[C@@H]4C)c3c2)CC1. The van der Waals surface area contributed by atoms with Gasteiger partial charge in [-0.3, -0.25) is 9.78 Å². The predicted octanol–water partition coefficient (Wildman–Crippen LogP) is 5.03. The van der Waals surface area contributed by atoms with Crippen LogP contribution in [0.5, 0.6) is 0 Å². The Morgan fingerprint density at radius 3 is 2.53 bits per heavy atom. The largest absolute Gasteiger partial charge is 0.349 e. The molecule has 0 spiro atoms. The van der Waals surface area contributed by atoms with E-state index in [1.807, 2.05) is 12.1 Å². The van der Waals surface area contributed by atoms with Crippen LogP contribution >= 0.6 is 0 Å². The number of hydrogen-bond acceptors (Lipinski definition) is 5. The molecule has 3 heterocycles. The highest BCUT2D eigenvalue weighted by Gasteiger charge is 2.29. The molecule has 36 heavy (non-hydrogen) atoms. The Labute approximate surface area is 213 Å². The van der Waals surface area contributed by atoms with Gasteiger partial charge in [0.2, 0.25) is 10.0 Å². The standard InChI is InChI=1S/C28H34N4O3S/c1-19-11-14-32(15-12-19)36(34,35)22-9-10-26-23(16-22)24(17-27(30-26)21-7-5-13-29-18-21)28(33)31-25-8-4-3-6-20(25)2/h5,7,9-10,13,16-20,25H,3-4,6,8,11-12,14-15H2,1-2H3,(H,31,33)/t20-,25-/m0/s1. The van der Waals surface area contributed by atoms with Crippen LogP contribution < -0.4 is 5.32 Å². The van der Waals surface area contributed by atoms with E-state index in [0.717, 1.165) is 37.7 Å². The number of pyridine rings is 2. The van der Waals surface area contributed by atoms with E-state index < -0.39 is 10.0 Å². The summed E-state index contributed by atoms with van der Waals surface area (Å²) in [5.41, 5.74) is 2.47. The van der Waals surface area contributed by atoms with E-state index in [-0.39, 0.29) is 16.8 Å². The van der Waals surface area contributed by atoms with Crippen LogP contribution in [0, 0.1) is 11.8 Å². The lowest BCUT2D eigenvalue weighted by molar-refractivity contribution is 0.0912. The van der Waals surface area contributed by atoms with Gasteiger partial charge >= 0.3 is 0 Å². The fourth-order valence-electron chi connectivity index (χ4n) is 5.37. The molecule has 1 aliphatic carbocycles. The van der Waals surface area contributed by atoms with Gasteiger partial charge in [0, 0.05) is 42.5 Å². The lowest BCUT2D eigenvalue weighted by Gasteiger charge is -2.30. The summed E-state index contributed by atoms with van der Waals surface area (Å²) < 4.78 is 28.5. The number of sulfonamides is 1. The highest BCUT2D eigenvalue weighted by Crippen LogP contribution is 2.30. The first-order valence-corrected chi connectivity index (χ1v) is 14.4. The zero-order valence-corrected chi connectivity index (χ0v) is 21.8. The number of benzene rings is 1. The van der Waals surface area contributed by atoms with Gasteiger partial charge in [0.1, 0.15) is 0 Å². The van der Waals surface area contributed by atoms with Crippen LogP contribution in [-0.2, 0) is 10.0 Å². The Morgan fingerprint density at radius 2 is 1.81 bits per heavy atom. The van der Waals surface area contributed by atoms with Gasteiger partial charge in [-0.05, 0) is 73.9 Å². The first-order chi connectivity index (χ1) is 17.3. The van der Waals surface area contributed by atoms with E-state index in [0.29, 0.717) is 47.1 Å². The van der Waals surface area contributed by atoms with Crippen molar-refractivity contribution in [3.05, 3.63) is 54.4 Å². The lowest BCUT2D eigenvalue weighted by atomic mass is 9.86. The monoisotopic (exact) mass is 506 g/mol. The van der Waals surface area contributed by atoms with E-state index in [2.05, 4.69) is 24.1 Å². The molecule has 2 aromatic heterocycles. The number of piperidine rings is 1. The number of amides is 1. The lowest BCUT2D eigenvalue weighted by Crippen LogP contribution is -2.41. The minimum atomic E-state index is -3.65. The van der Waals surface area contributed by atoms with Crippen LogP contribution in [0.3, 0.4) is 0 Å². The second-order valence-electron chi connectivity index (χ2n) is 10.4. The third-order valence-corrected chi connectivity index (χ3v) is 9.69. The summed E-state index contributed by atoms with van der Waals surface area (Å²) in [6.45, 7) is 5.38. The van der Waals surface area contributed by atoms with Crippen LogP contribution in [-0.4, -0.2) is 47.7 Å². The molecule has 1 saturated carbocycles. The van der Waals surface area contributed by atoms with Crippen molar-refractivity contribution in [3.63, 3.8) is 0 Å². The smallest absolute Gasteiger partial charge is 0.252 e. The number of aromatic nitrogens is 2. The third-order valence-electron chi connectivity index (χ3n) is 7.79. The normalized spacial score (nSPS) is 21.9. The molecule has 1 aromatic carbocycles. The first-order valence-electron chi connectivity index (χ1n) is 13.0. The zero-order valence-electron chi connectivity index (χ0n) is 21.0. The number of carbonyl (C=O) groups excluding carboxylic acids is 1. The fraction of sp³-hybridized carbons (Fsp3) is 0.464. The summed E-state index contributed by atoms with van der Waals surface area (Å²) in [6, 6.07) is 10.6. The second-order valence-corrected chi connectivity index (χ2v) is 12.3. The van der Waals surface area contributed by atoms with E-state index >= 15 is 0 Å². The first kappa shape index (κ1) is 24.8. The fourth-order valence-corrected chi connectivity index (χ4v) is 6.86. The van der Waals surface area contributed by atoms with Crippen molar-refractivity contribution in [2.45, 2.75) is 63.3 Å². The van der Waals surface area contributed by atoms with E-state index in [9.17, 15) is 13.2 Å². The Hall–Kier alpha value is -2.84. The average molecular weight is 507 g/mol. The molecule has 2 aliphatic rings. The third kappa shape index (κ3) is 5.02. The van der Waals surface area contributed by atoms with Crippen LogP contribution in [0.1, 0.15) is 62.7 Å². The molecule has 5 rings (SSSR count). The number of hydrogen-bond donors (Lipinski definition) is 1. The Bertz CT molecular complexity index is 1350. The molecule has 7 nitrogen and oxygen atoms in total. The number of carbonyl (C=O) groups is 1. The van der Waals surface area contributed by atoms with Gasteiger partial charge in [-0.2, -0.15) is 4.31 Å². The molecule has 3 aromatic rings. The van der Waals surface area contributed by atoms with Crippen molar-refractivity contribution < 1.29 is 13.2 Å². The van der Waals surface area contributed by atoms with Gasteiger partial charge in [-0.15, -0.1) is 0 Å². The van der Waals surface area contributed by atoms with Crippen molar-refractivity contribution in [1.82, 2.24) is 19.6 Å². The minimum Gasteiger partial charge on any atom is -0.349 e. The summed E-state index contributed by atoms with van der Waals surface area (Å²) in [6.07, 6.45) is 9.47. The van der Waals surface area contributed by atoms with Gasteiger partial charge in [0.15, 0.2) is 0 Å². The summed E-state index contributed by atoms with van der Waals surface area (Å²) in [5, 5.41) is 3.79. The Balaban J connectivity index is 1.57. The maximum absolute atomic E-state index is 13.6. The molecule has 0 unspecified atom stereocenters. The van der Waals surface area contributed by atoms with Gasteiger partial charge in [0.05, 0.1) is 21.7 Å². The molecule has 1 amide bonds. The van der Waals surface area contributed by atoms with Crippen molar-refractivity contribution in [1.29, 1.82) is 0 Å². The quantitative estimate of drug-likeness (QED) is 0.524. The Morgan fingerprint density at radius 1 is 1.03 bits per heavy atom. The zero-order chi connectivity index (χ0) is 25.3. The summed E-state index contributed by atoms with van der Waals surface area (Å²) >= 11 is 0. The Kier molecular flexibility index (Phi) is 7.08. The van der Waals surface area contributed by atoms with Gasteiger partial charge < -0.3 is 5.32 Å². The molecule has 1 aliphatic heterocycles. The summed E-state index contributed by atoms with van der Waals surface area (Å²) in [4.78, 5) is 22.8. The number of nitrogens with one attached hydrogen (secondary N) is 1. The second kappa shape index (κ2) is 10.3. The summed E-state index contributed by atoms with van der Waals surface area (Å²) in [5.74, 6) is 0.749. The molecule has 0 bridgehead atoms. The number of fused-ring (bicyclic) bond motifs is 1. The average Bonchev–Trinajstić information content (AvgIpc) is 2.89. The van der Waals surface area contributed by atoms with Crippen molar-refractivity contribution in [2.24, 2.45) is 11.8 Å². The molecule has 1 saturated heterocycles. The molecular formula is C28H34N4O3S. The van der Waals surface area contributed by atoms with Gasteiger partial charge in [0.25, 0.3) is 5.91 Å². The highest BCUT2D eigenvalue weighted by atomic mass is 32.2. The number of nitrogens with zero attached hydrogens (tertiary/aromatic N) is 3. The van der Waals surface area contributed by atoms with Gasteiger partial charge in [-0.1, -0.05) is 26.7 Å². The maximum atomic E-state index is 13.6. The van der Waals surface area contributed by atoms with Crippen LogP contribution in [0.4, 0.5) is 0 Å². The molecule has 2 fully saturated rings. The van der Waals surface area contributed by atoms with Crippen molar-refractivity contribution in [2.75, 3.05) is 13.1 Å².